The van der Waals surface area contributed by atoms with Crippen molar-refractivity contribution in [1.29, 1.82) is 0 Å². The summed E-state index contributed by atoms with van der Waals surface area (Å²) >= 11 is 7.67. The number of carbonyl (C=O) groups is 1. The molecule has 0 N–H and O–H groups in total. The van der Waals surface area contributed by atoms with Crippen molar-refractivity contribution in [3.63, 3.8) is 0 Å². The van der Waals surface area contributed by atoms with Crippen LogP contribution >= 0.6 is 22.9 Å². The second-order valence-electron chi connectivity index (χ2n) is 7.88. The highest BCUT2D eigenvalue weighted by Gasteiger charge is 2.24. The van der Waals surface area contributed by atoms with E-state index in [1.54, 1.807) is 43.3 Å². The van der Waals surface area contributed by atoms with E-state index in [9.17, 15) is 13.2 Å². The van der Waals surface area contributed by atoms with Gasteiger partial charge in [0.25, 0.3) is 5.91 Å². The Bertz CT molecular complexity index is 1420. The first kappa shape index (κ1) is 23.4. The number of aryl methyl sites for hydroxylation is 1. The van der Waals surface area contributed by atoms with E-state index in [2.05, 4.69) is 4.98 Å². The fourth-order valence-corrected chi connectivity index (χ4v) is 5.55. The highest BCUT2D eigenvalue weighted by Crippen LogP contribution is 2.35. The van der Waals surface area contributed by atoms with Gasteiger partial charge in [-0.15, -0.1) is 0 Å². The lowest BCUT2D eigenvalue weighted by molar-refractivity contribution is 0.0985. The molecular weight excluding hydrogens is 478 g/mol. The third kappa shape index (κ3) is 4.64. The lowest BCUT2D eigenvalue weighted by Gasteiger charge is -2.20. The number of benzene rings is 2. The number of nitrogens with zero attached hydrogens (tertiary/aromatic N) is 3. The quantitative estimate of drug-likeness (QED) is 0.341. The van der Waals surface area contributed by atoms with Crippen molar-refractivity contribution in [2.24, 2.45) is 0 Å². The van der Waals surface area contributed by atoms with Crippen LogP contribution in [0.5, 0.6) is 0 Å². The molecule has 4 rings (SSSR count). The van der Waals surface area contributed by atoms with Crippen LogP contribution in [0.4, 0.5) is 5.13 Å². The summed E-state index contributed by atoms with van der Waals surface area (Å²) in [7, 11) is -3.42. The molecule has 33 heavy (non-hydrogen) atoms. The molecule has 4 aromatic rings. The molecule has 2 aromatic heterocycles. The summed E-state index contributed by atoms with van der Waals surface area (Å²) in [6, 6.07) is 13.5. The molecule has 0 unspecified atom stereocenters. The molecule has 170 valence electrons. The van der Waals surface area contributed by atoms with Crippen LogP contribution in [0.15, 0.2) is 65.8 Å². The minimum absolute atomic E-state index is 0.194. The van der Waals surface area contributed by atoms with E-state index in [-0.39, 0.29) is 10.8 Å². The maximum Gasteiger partial charge on any atom is 0.260 e. The van der Waals surface area contributed by atoms with E-state index in [1.165, 1.54) is 23.5 Å². The van der Waals surface area contributed by atoms with Gasteiger partial charge in [0.2, 0.25) is 0 Å². The van der Waals surface area contributed by atoms with E-state index in [1.807, 2.05) is 31.2 Å². The van der Waals surface area contributed by atoms with Gasteiger partial charge in [-0.2, -0.15) is 0 Å². The molecule has 0 saturated heterocycles. The average molecular weight is 500 g/mol. The molecule has 0 aliphatic carbocycles. The number of aromatic nitrogens is 2. The van der Waals surface area contributed by atoms with Gasteiger partial charge in [0.1, 0.15) is 0 Å². The van der Waals surface area contributed by atoms with E-state index in [0.717, 1.165) is 21.3 Å². The lowest BCUT2D eigenvalue weighted by Crippen LogP contribution is -2.30. The van der Waals surface area contributed by atoms with Gasteiger partial charge in [0.05, 0.1) is 26.9 Å². The molecule has 0 radical (unpaired) electrons. The van der Waals surface area contributed by atoms with Crippen molar-refractivity contribution in [1.82, 2.24) is 9.97 Å². The molecule has 0 aliphatic heterocycles. The van der Waals surface area contributed by atoms with E-state index >= 15 is 0 Å². The third-order valence-electron chi connectivity index (χ3n) is 5.35. The van der Waals surface area contributed by atoms with Gasteiger partial charge < -0.3 is 0 Å². The Labute approximate surface area is 201 Å². The Morgan fingerprint density at radius 1 is 1.06 bits per heavy atom. The van der Waals surface area contributed by atoms with Gasteiger partial charge in [-0.25, -0.2) is 13.4 Å². The van der Waals surface area contributed by atoms with Crippen LogP contribution in [0.3, 0.4) is 0 Å². The summed E-state index contributed by atoms with van der Waals surface area (Å²) in [6.07, 6.45) is 3.34. The molecule has 2 heterocycles. The number of rotatable bonds is 6. The van der Waals surface area contributed by atoms with Crippen molar-refractivity contribution >= 4 is 54.0 Å². The largest absolute Gasteiger partial charge is 0.279 e. The Balaban J connectivity index is 1.75. The molecule has 6 nitrogen and oxygen atoms in total. The molecule has 9 heteroatoms. The van der Waals surface area contributed by atoms with Crippen LogP contribution in [0, 0.1) is 6.92 Å². The molecule has 2 aromatic carbocycles. The fraction of sp³-hybridized carbons (Fsp3) is 0.208. The van der Waals surface area contributed by atoms with Crippen LogP contribution in [-0.4, -0.2) is 29.5 Å². The monoisotopic (exact) mass is 499 g/mol. The van der Waals surface area contributed by atoms with Gasteiger partial charge in [0.15, 0.2) is 15.0 Å². The number of thiazole rings is 1. The molecule has 0 bridgehead atoms. The van der Waals surface area contributed by atoms with Crippen LogP contribution in [0.1, 0.15) is 35.3 Å². The minimum atomic E-state index is -3.42. The van der Waals surface area contributed by atoms with Crippen LogP contribution in [0.25, 0.3) is 10.2 Å². The molecular formula is C24H22ClN3O3S2. The van der Waals surface area contributed by atoms with E-state index in [4.69, 9.17) is 16.6 Å². The number of anilines is 1. The molecule has 0 fully saturated rings. The minimum Gasteiger partial charge on any atom is -0.279 e. The van der Waals surface area contributed by atoms with Crippen molar-refractivity contribution in [3.05, 3.63) is 82.6 Å². The van der Waals surface area contributed by atoms with Gasteiger partial charge in [0, 0.05) is 23.0 Å². The third-order valence-corrected chi connectivity index (χ3v) is 8.98. The van der Waals surface area contributed by atoms with E-state index in [0.29, 0.717) is 22.3 Å². The summed E-state index contributed by atoms with van der Waals surface area (Å²) in [6.45, 7) is 5.45. The van der Waals surface area contributed by atoms with Crippen LogP contribution in [-0.2, 0) is 16.4 Å². The highest BCUT2D eigenvalue weighted by atomic mass is 35.5. The molecule has 0 saturated carbocycles. The normalized spacial score (nSPS) is 11.8. The first-order valence-corrected chi connectivity index (χ1v) is 13.0. The number of hydrogen-bond acceptors (Lipinski definition) is 6. The van der Waals surface area contributed by atoms with Gasteiger partial charge in [-0.1, -0.05) is 22.9 Å². The van der Waals surface area contributed by atoms with Crippen molar-refractivity contribution < 1.29 is 13.2 Å². The number of sulfone groups is 1. The number of hydrogen-bond donors (Lipinski definition) is 0. The second-order valence-corrected chi connectivity index (χ2v) is 11.8. The number of amides is 1. The second kappa shape index (κ2) is 9.21. The zero-order valence-electron chi connectivity index (χ0n) is 18.3. The van der Waals surface area contributed by atoms with Crippen molar-refractivity contribution in [2.75, 3.05) is 4.90 Å². The Kier molecular flexibility index (Phi) is 6.52. The maximum absolute atomic E-state index is 13.6. The molecule has 1 amide bonds. The van der Waals surface area contributed by atoms with Gasteiger partial charge in [-0.3, -0.25) is 14.7 Å². The Morgan fingerprint density at radius 2 is 1.73 bits per heavy atom. The predicted molar refractivity (Wildman–Crippen MR) is 133 cm³/mol. The number of pyridine rings is 1. The predicted octanol–water partition coefficient (Wildman–Crippen LogP) is 5.68. The first-order chi connectivity index (χ1) is 15.7. The zero-order valence-corrected chi connectivity index (χ0v) is 20.7. The highest BCUT2D eigenvalue weighted by molar-refractivity contribution is 7.92. The van der Waals surface area contributed by atoms with Crippen LogP contribution < -0.4 is 4.90 Å². The average Bonchev–Trinajstić information content (AvgIpc) is 3.25. The number of carbonyl (C=O) groups excluding carboxylic acids is 1. The summed E-state index contributed by atoms with van der Waals surface area (Å²) in [5.41, 5.74) is 2.89. The first-order valence-electron chi connectivity index (χ1n) is 10.3. The molecule has 0 aliphatic rings. The summed E-state index contributed by atoms with van der Waals surface area (Å²) in [4.78, 5) is 24.1. The topological polar surface area (TPSA) is 80.2 Å². The molecule has 0 spiro atoms. The van der Waals surface area contributed by atoms with E-state index < -0.39 is 15.1 Å². The Hall–Kier alpha value is -2.81. The summed E-state index contributed by atoms with van der Waals surface area (Å²) in [5, 5.41) is 0.615. The van der Waals surface area contributed by atoms with Crippen molar-refractivity contribution in [3.8, 4) is 0 Å². The van der Waals surface area contributed by atoms with Gasteiger partial charge in [-0.05, 0) is 80.4 Å². The zero-order chi connectivity index (χ0) is 23.8. The SMILES string of the molecule is Cc1c(Cl)ccc2sc(N(Cc3ccncc3)C(=O)c3ccc(S(=O)(=O)C(C)C)cc3)nc12. The smallest absolute Gasteiger partial charge is 0.260 e. The summed E-state index contributed by atoms with van der Waals surface area (Å²) in [5.74, 6) is -0.275. The standard InChI is InChI=1S/C24H22ClN3O3S2/c1-15(2)33(30,31)19-6-4-18(5-7-19)23(29)28(14-17-10-12-26-13-11-17)24-27-22-16(3)20(25)8-9-21(22)32-24/h4-13,15H,14H2,1-3H3. The maximum atomic E-state index is 13.6. The molecule has 0 atom stereocenters. The van der Waals surface area contributed by atoms with Gasteiger partial charge >= 0.3 is 0 Å². The number of fused-ring (bicyclic) bond motifs is 1. The Morgan fingerprint density at radius 3 is 2.36 bits per heavy atom. The fourth-order valence-electron chi connectivity index (χ4n) is 3.32. The van der Waals surface area contributed by atoms with Crippen molar-refractivity contribution in [2.45, 2.75) is 37.5 Å². The summed E-state index contributed by atoms with van der Waals surface area (Å²) < 4.78 is 25.8. The number of halogens is 1. The lowest BCUT2D eigenvalue weighted by atomic mass is 10.2. The van der Waals surface area contributed by atoms with Crippen LogP contribution in [0.2, 0.25) is 5.02 Å².